The van der Waals surface area contributed by atoms with Crippen molar-refractivity contribution in [3.8, 4) is 5.75 Å². The van der Waals surface area contributed by atoms with Crippen molar-refractivity contribution in [2.45, 2.75) is 39.0 Å². The Morgan fingerprint density at radius 1 is 1.44 bits per heavy atom. The van der Waals surface area contributed by atoms with Gasteiger partial charge in [0, 0.05) is 39.8 Å². The molecule has 1 atom stereocenters. The summed E-state index contributed by atoms with van der Waals surface area (Å²) < 4.78 is 13.5. The van der Waals surface area contributed by atoms with Crippen LogP contribution in [0.15, 0.2) is 10.5 Å². The molecule has 1 amide bonds. The Morgan fingerprint density at radius 3 is 2.84 bits per heavy atom. The molecule has 1 unspecified atom stereocenters. The van der Waals surface area contributed by atoms with Crippen molar-refractivity contribution in [2.75, 3.05) is 26.2 Å². The maximum absolute atomic E-state index is 12.4. The van der Waals surface area contributed by atoms with Crippen molar-refractivity contribution in [3.05, 3.63) is 24.7 Å². The molecule has 5 nitrogen and oxygen atoms in total. The first-order valence-corrected chi connectivity index (χ1v) is 10.4. The first kappa shape index (κ1) is 19.5. The topological polar surface area (TPSA) is 42.0 Å². The molecule has 3 rings (SSSR count). The summed E-state index contributed by atoms with van der Waals surface area (Å²) in [7, 11) is 0. The molecule has 1 aromatic carbocycles. The molecule has 2 aliphatic heterocycles. The summed E-state index contributed by atoms with van der Waals surface area (Å²) in [5, 5.41) is 0.610. The highest BCUT2D eigenvalue weighted by atomic mass is 127. The highest BCUT2D eigenvalue weighted by Crippen LogP contribution is 2.41. The zero-order chi connectivity index (χ0) is 18.4. The van der Waals surface area contributed by atoms with Gasteiger partial charge < -0.3 is 14.4 Å². The van der Waals surface area contributed by atoms with E-state index in [-0.39, 0.29) is 12.1 Å². The van der Waals surface area contributed by atoms with Gasteiger partial charge >= 0.3 is 6.09 Å². The van der Waals surface area contributed by atoms with Gasteiger partial charge in [-0.05, 0) is 65.4 Å². The van der Waals surface area contributed by atoms with E-state index in [0.29, 0.717) is 24.7 Å². The Labute approximate surface area is 175 Å². The molecule has 2 aliphatic rings. The number of benzene rings is 1. The number of carbonyl (C=O) groups excluding carboxylic acids is 1. The average Bonchev–Trinajstić information content (AvgIpc) is 2.70. The summed E-state index contributed by atoms with van der Waals surface area (Å²) >= 11 is 12.2. The Balaban J connectivity index is 1.76. The van der Waals surface area contributed by atoms with Crippen molar-refractivity contribution in [3.63, 3.8) is 0 Å². The fourth-order valence-electron chi connectivity index (χ4n) is 3.04. The fourth-order valence-corrected chi connectivity index (χ4v) is 4.83. The highest BCUT2D eigenvalue weighted by Gasteiger charge is 2.35. The summed E-state index contributed by atoms with van der Waals surface area (Å²) in [4.78, 5) is 16.5. The second-order valence-corrected chi connectivity index (χ2v) is 9.72. The third-order valence-electron chi connectivity index (χ3n) is 4.26. The number of fused-ring (bicyclic) bond motifs is 2. The predicted octanol–water partition coefficient (Wildman–Crippen LogP) is 4.52. The van der Waals surface area contributed by atoms with Crippen LogP contribution >= 0.6 is 50.1 Å². The minimum absolute atomic E-state index is 0.124. The Kier molecular flexibility index (Phi) is 5.78. The summed E-state index contributed by atoms with van der Waals surface area (Å²) in [5.74, 6) is 0.749. The number of rotatable bonds is 0. The zero-order valence-electron chi connectivity index (χ0n) is 14.4. The number of ether oxygens (including phenoxy) is 2. The molecule has 0 N–H and O–H groups in total. The first-order chi connectivity index (χ1) is 11.7. The summed E-state index contributed by atoms with van der Waals surface area (Å²) in [6, 6.07) is 2.14. The van der Waals surface area contributed by atoms with E-state index in [0.717, 1.165) is 32.4 Å². The van der Waals surface area contributed by atoms with E-state index in [1.165, 1.54) is 0 Å². The minimum Gasteiger partial charge on any atom is -0.490 e. The summed E-state index contributed by atoms with van der Waals surface area (Å²) in [6.45, 7) is 8.96. The molecule has 1 fully saturated rings. The van der Waals surface area contributed by atoms with Crippen molar-refractivity contribution < 1.29 is 14.3 Å². The number of carbonyl (C=O) groups is 1. The zero-order valence-corrected chi connectivity index (χ0v) is 18.9. The van der Waals surface area contributed by atoms with E-state index in [2.05, 4.69) is 43.4 Å². The van der Waals surface area contributed by atoms with E-state index in [1.54, 1.807) is 4.90 Å². The van der Waals surface area contributed by atoms with Crippen LogP contribution < -0.4 is 4.74 Å². The lowest BCUT2D eigenvalue weighted by Gasteiger charge is -2.40. The second kappa shape index (κ2) is 7.40. The van der Waals surface area contributed by atoms with Gasteiger partial charge in [-0.2, -0.15) is 0 Å². The van der Waals surface area contributed by atoms with E-state index >= 15 is 0 Å². The number of amides is 1. The van der Waals surface area contributed by atoms with Gasteiger partial charge in [0.25, 0.3) is 0 Å². The van der Waals surface area contributed by atoms with Crippen LogP contribution in [-0.4, -0.2) is 53.8 Å². The summed E-state index contributed by atoms with van der Waals surface area (Å²) in [6.07, 6.45) is -0.260. The maximum atomic E-state index is 12.4. The lowest BCUT2D eigenvalue weighted by atomic mass is 10.1. The quantitative estimate of drug-likeness (QED) is 0.357. The van der Waals surface area contributed by atoms with Gasteiger partial charge in [-0.1, -0.05) is 11.6 Å². The largest absolute Gasteiger partial charge is 0.490 e. The lowest BCUT2D eigenvalue weighted by molar-refractivity contribution is -0.00156. The molecule has 1 saturated heterocycles. The SMILES string of the molecule is CC(C)(C)OC(=O)N1CCN2Cc3c(I)cc(Br)c(Cl)c3OCC2C1. The van der Waals surface area contributed by atoms with Crippen molar-refractivity contribution in [1.29, 1.82) is 0 Å². The molecule has 0 saturated carbocycles. The molecule has 1 aromatic rings. The summed E-state index contributed by atoms with van der Waals surface area (Å²) in [5.41, 5.74) is 0.627. The van der Waals surface area contributed by atoms with Crippen LogP contribution in [0.4, 0.5) is 4.79 Å². The van der Waals surface area contributed by atoms with Crippen LogP contribution in [0.1, 0.15) is 26.3 Å². The Bertz CT molecular complexity index is 695. The molecular formula is C17H21BrClIN2O3. The molecule has 0 spiro atoms. The van der Waals surface area contributed by atoms with Crippen LogP contribution in [0.5, 0.6) is 5.75 Å². The second-order valence-electron chi connectivity index (χ2n) is 7.32. The van der Waals surface area contributed by atoms with Crippen LogP contribution in [0.3, 0.4) is 0 Å². The van der Waals surface area contributed by atoms with E-state index in [1.807, 2.05) is 26.8 Å². The predicted molar refractivity (Wildman–Crippen MR) is 109 cm³/mol. The minimum atomic E-state index is -0.486. The van der Waals surface area contributed by atoms with Crippen molar-refractivity contribution >= 4 is 56.2 Å². The molecule has 0 aliphatic carbocycles. The van der Waals surface area contributed by atoms with Crippen LogP contribution in [0, 0.1) is 3.57 Å². The van der Waals surface area contributed by atoms with E-state index in [4.69, 9.17) is 21.1 Å². The Morgan fingerprint density at radius 2 is 2.16 bits per heavy atom. The van der Waals surface area contributed by atoms with Gasteiger partial charge in [0.15, 0.2) is 0 Å². The maximum Gasteiger partial charge on any atom is 0.410 e. The number of nitrogens with zero attached hydrogens (tertiary/aromatic N) is 2. The molecule has 0 radical (unpaired) electrons. The third kappa shape index (κ3) is 4.36. The standard InChI is InChI=1S/C17H21BrClIN2O3/c1-17(2,3)25-16(23)22-5-4-21-8-11-13(20)6-12(18)14(19)15(11)24-9-10(21)7-22/h6,10H,4-5,7-9H2,1-3H3. The van der Waals surface area contributed by atoms with E-state index < -0.39 is 5.60 Å². The highest BCUT2D eigenvalue weighted by molar-refractivity contribution is 14.1. The van der Waals surface area contributed by atoms with Gasteiger partial charge in [0.05, 0.1) is 11.1 Å². The van der Waals surface area contributed by atoms with Gasteiger partial charge in [0.1, 0.15) is 18.0 Å². The molecule has 0 aromatic heterocycles. The van der Waals surface area contributed by atoms with Crippen LogP contribution in [-0.2, 0) is 11.3 Å². The van der Waals surface area contributed by atoms with Crippen LogP contribution in [0.25, 0.3) is 0 Å². The molecule has 8 heteroatoms. The molecule has 0 bridgehead atoms. The van der Waals surface area contributed by atoms with Crippen molar-refractivity contribution in [1.82, 2.24) is 9.80 Å². The van der Waals surface area contributed by atoms with Crippen molar-refractivity contribution in [2.24, 2.45) is 0 Å². The third-order valence-corrected chi connectivity index (χ3v) is 6.45. The molecule has 25 heavy (non-hydrogen) atoms. The number of halogens is 3. The number of piperazine rings is 1. The van der Waals surface area contributed by atoms with Gasteiger partial charge in [-0.25, -0.2) is 4.79 Å². The van der Waals surface area contributed by atoms with Gasteiger partial charge in [-0.3, -0.25) is 4.90 Å². The molecule has 2 heterocycles. The smallest absolute Gasteiger partial charge is 0.410 e. The van der Waals surface area contributed by atoms with E-state index in [9.17, 15) is 4.79 Å². The molecular weight excluding hydrogens is 522 g/mol. The average molecular weight is 544 g/mol. The van der Waals surface area contributed by atoms with Crippen LogP contribution in [0.2, 0.25) is 5.02 Å². The fraction of sp³-hybridized carbons (Fsp3) is 0.588. The Hall–Kier alpha value is -0.250. The van der Waals surface area contributed by atoms with Gasteiger partial charge in [-0.15, -0.1) is 0 Å². The number of hydrogen-bond donors (Lipinski definition) is 0. The first-order valence-electron chi connectivity index (χ1n) is 8.17. The lowest BCUT2D eigenvalue weighted by Crippen LogP contribution is -2.56. The monoisotopic (exact) mass is 542 g/mol. The number of hydrogen-bond acceptors (Lipinski definition) is 4. The molecule has 138 valence electrons. The van der Waals surface area contributed by atoms with Gasteiger partial charge in [0.2, 0.25) is 0 Å². The normalized spacial score (nSPS) is 21.0.